The minimum atomic E-state index is -2.59. The maximum absolute atomic E-state index is 12.1. The van der Waals surface area contributed by atoms with Gasteiger partial charge in [-0.25, -0.2) is 13.8 Å². The number of nitrogens with zero attached hydrogens (tertiary/aromatic N) is 1. The smallest absolute Gasteiger partial charge is 0.272 e. The Labute approximate surface area is 127 Å². The Bertz CT molecular complexity index is 507. The largest absolute Gasteiger partial charge is 0.472 e. The molecule has 122 valence electrons. The number of halogens is 2. The number of alkyl halides is 2. The van der Waals surface area contributed by atoms with Crippen LogP contribution in [0.2, 0.25) is 0 Å². The molecule has 1 aliphatic carbocycles. The van der Waals surface area contributed by atoms with E-state index in [1.54, 1.807) is 0 Å². The van der Waals surface area contributed by atoms with Gasteiger partial charge in [-0.15, -0.1) is 0 Å². The highest BCUT2D eigenvalue weighted by molar-refractivity contribution is 5.92. The Morgan fingerprint density at radius 1 is 1.45 bits per heavy atom. The maximum Gasteiger partial charge on any atom is 0.272 e. The van der Waals surface area contributed by atoms with Gasteiger partial charge in [0.15, 0.2) is 6.61 Å². The van der Waals surface area contributed by atoms with Gasteiger partial charge >= 0.3 is 0 Å². The standard InChI is InChI=1S/C15H20F2N2O3/c16-12(17)9-22-13-4-1-3-11(19-13)14(21)18-10-15(7-8-20)5-2-6-15/h1,3-4,12,20H,2,5-10H2,(H,18,21). The minimum absolute atomic E-state index is 0.00154. The highest BCUT2D eigenvalue weighted by Gasteiger charge is 2.36. The molecule has 0 bridgehead atoms. The monoisotopic (exact) mass is 314 g/mol. The van der Waals surface area contributed by atoms with E-state index in [4.69, 9.17) is 9.84 Å². The van der Waals surface area contributed by atoms with E-state index in [9.17, 15) is 13.6 Å². The van der Waals surface area contributed by atoms with Crippen molar-refractivity contribution in [3.8, 4) is 5.88 Å². The number of amides is 1. The van der Waals surface area contributed by atoms with Gasteiger partial charge in [-0.3, -0.25) is 4.79 Å². The molecule has 1 heterocycles. The molecule has 0 radical (unpaired) electrons. The van der Waals surface area contributed by atoms with Gasteiger partial charge in [0.2, 0.25) is 5.88 Å². The average Bonchev–Trinajstić information content (AvgIpc) is 2.47. The van der Waals surface area contributed by atoms with Crippen molar-refractivity contribution in [1.29, 1.82) is 0 Å². The third-order valence-corrected chi connectivity index (χ3v) is 3.99. The maximum atomic E-state index is 12.1. The van der Waals surface area contributed by atoms with Crippen LogP contribution in [-0.2, 0) is 0 Å². The number of hydrogen-bond donors (Lipinski definition) is 2. The first-order chi connectivity index (χ1) is 10.5. The Morgan fingerprint density at radius 3 is 2.82 bits per heavy atom. The molecule has 0 atom stereocenters. The number of carbonyl (C=O) groups excluding carboxylic acids is 1. The van der Waals surface area contributed by atoms with Gasteiger partial charge in [-0.05, 0) is 30.7 Å². The van der Waals surface area contributed by atoms with Crippen molar-refractivity contribution in [3.05, 3.63) is 23.9 Å². The number of aliphatic hydroxyl groups excluding tert-OH is 1. The first-order valence-electron chi connectivity index (χ1n) is 7.32. The van der Waals surface area contributed by atoms with Gasteiger partial charge in [0.05, 0.1) is 0 Å². The number of pyridine rings is 1. The average molecular weight is 314 g/mol. The summed E-state index contributed by atoms with van der Waals surface area (Å²) in [5.41, 5.74) is 0.110. The molecular formula is C15H20F2N2O3. The summed E-state index contributed by atoms with van der Waals surface area (Å²) in [5, 5.41) is 11.9. The fraction of sp³-hybridized carbons (Fsp3) is 0.600. The number of ether oxygens (including phenoxy) is 1. The molecule has 1 aromatic heterocycles. The van der Waals surface area contributed by atoms with Crippen LogP contribution in [0.3, 0.4) is 0 Å². The van der Waals surface area contributed by atoms with Crippen LogP contribution in [-0.4, -0.2) is 42.2 Å². The molecule has 22 heavy (non-hydrogen) atoms. The lowest BCUT2D eigenvalue weighted by Gasteiger charge is -2.41. The Morgan fingerprint density at radius 2 is 2.23 bits per heavy atom. The zero-order valence-electron chi connectivity index (χ0n) is 12.2. The predicted octanol–water partition coefficient (Wildman–Crippen LogP) is 2.01. The van der Waals surface area contributed by atoms with Crippen molar-refractivity contribution in [2.45, 2.75) is 32.1 Å². The highest BCUT2D eigenvalue weighted by Crippen LogP contribution is 2.43. The molecule has 1 aliphatic rings. The van der Waals surface area contributed by atoms with Crippen LogP contribution in [0.25, 0.3) is 0 Å². The van der Waals surface area contributed by atoms with Crippen LogP contribution in [0.15, 0.2) is 18.2 Å². The number of rotatable bonds is 8. The summed E-state index contributed by atoms with van der Waals surface area (Å²) in [5.74, 6) is -0.367. The third-order valence-electron chi connectivity index (χ3n) is 3.99. The van der Waals surface area contributed by atoms with Crippen LogP contribution in [0.5, 0.6) is 5.88 Å². The van der Waals surface area contributed by atoms with Gasteiger partial charge in [0.1, 0.15) is 5.69 Å². The molecule has 2 N–H and O–H groups in total. The lowest BCUT2D eigenvalue weighted by molar-refractivity contribution is 0.0724. The number of aromatic nitrogens is 1. The van der Waals surface area contributed by atoms with Gasteiger partial charge in [-0.1, -0.05) is 12.5 Å². The van der Waals surface area contributed by atoms with Crippen LogP contribution < -0.4 is 10.1 Å². The number of carbonyl (C=O) groups is 1. The lowest BCUT2D eigenvalue weighted by atomic mass is 9.67. The molecule has 0 spiro atoms. The Kier molecular flexibility index (Phi) is 5.65. The van der Waals surface area contributed by atoms with Crippen molar-refractivity contribution < 1.29 is 23.4 Å². The summed E-state index contributed by atoms with van der Waals surface area (Å²) >= 11 is 0. The van der Waals surface area contributed by atoms with Crippen molar-refractivity contribution in [3.63, 3.8) is 0 Å². The molecule has 1 fully saturated rings. The van der Waals surface area contributed by atoms with Crippen molar-refractivity contribution >= 4 is 5.91 Å². The molecule has 1 aromatic rings. The molecule has 7 heteroatoms. The van der Waals surface area contributed by atoms with E-state index in [0.717, 1.165) is 19.3 Å². The molecule has 1 amide bonds. The van der Waals surface area contributed by atoms with E-state index in [0.29, 0.717) is 13.0 Å². The summed E-state index contributed by atoms with van der Waals surface area (Å²) in [4.78, 5) is 16.0. The number of hydrogen-bond acceptors (Lipinski definition) is 4. The molecule has 0 aliphatic heterocycles. The van der Waals surface area contributed by atoms with Gasteiger partial charge in [0.25, 0.3) is 12.3 Å². The molecule has 2 rings (SSSR count). The number of aliphatic hydroxyl groups is 1. The normalized spacial score (nSPS) is 16.2. The van der Waals surface area contributed by atoms with E-state index in [-0.39, 0.29) is 29.5 Å². The molecule has 5 nitrogen and oxygen atoms in total. The second-order valence-electron chi connectivity index (χ2n) is 5.57. The summed E-state index contributed by atoms with van der Waals surface area (Å²) in [6.07, 6.45) is 1.15. The predicted molar refractivity (Wildman–Crippen MR) is 76.1 cm³/mol. The van der Waals surface area contributed by atoms with E-state index >= 15 is 0 Å². The van der Waals surface area contributed by atoms with E-state index in [1.807, 2.05) is 0 Å². The first-order valence-corrected chi connectivity index (χ1v) is 7.32. The van der Waals surface area contributed by atoms with Crippen LogP contribution in [0, 0.1) is 5.41 Å². The highest BCUT2D eigenvalue weighted by atomic mass is 19.3. The second kappa shape index (κ2) is 7.49. The van der Waals surface area contributed by atoms with E-state index in [2.05, 4.69) is 10.3 Å². The minimum Gasteiger partial charge on any atom is -0.472 e. The summed E-state index contributed by atoms with van der Waals surface area (Å²) in [6, 6.07) is 4.47. The van der Waals surface area contributed by atoms with Gasteiger partial charge in [0, 0.05) is 19.2 Å². The van der Waals surface area contributed by atoms with Gasteiger partial charge < -0.3 is 15.2 Å². The van der Waals surface area contributed by atoms with Crippen molar-refractivity contribution in [2.24, 2.45) is 5.41 Å². The second-order valence-corrected chi connectivity index (χ2v) is 5.57. The first kappa shape index (κ1) is 16.6. The fourth-order valence-electron chi connectivity index (χ4n) is 2.56. The molecule has 0 unspecified atom stereocenters. The van der Waals surface area contributed by atoms with Crippen molar-refractivity contribution in [2.75, 3.05) is 19.8 Å². The topological polar surface area (TPSA) is 71.5 Å². The SMILES string of the molecule is O=C(NCC1(CCO)CCC1)c1cccc(OCC(F)F)n1. The van der Waals surface area contributed by atoms with E-state index in [1.165, 1.54) is 18.2 Å². The zero-order chi connectivity index (χ0) is 16.0. The van der Waals surface area contributed by atoms with Crippen LogP contribution >= 0.6 is 0 Å². The Balaban J connectivity index is 1.90. The van der Waals surface area contributed by atoms with E-state index < -0.39 is 13.0 Å². The molecular weight excluding hydrogens is 294 g/mol. The van der Waals surface area contributed by atoms with Crippen LogP contribution in [0.1, 0.15) is 36.2 Å². The van der Waals surface area contributed by atoms with Crippen molar-refractivity contribution in [1.82, 2.24) is 10.3 Å². The molecule has 1 saturated carbocycles. The molecule has 0 aromatic carbocycles. The third kappa shape index (κ3) is 4.37. The Hall–Kier alpha value is -1.76. The summed E-state index contributed by atoms with van der Waals surface area (Å²) in [6.45, 7) is -0.168. The quantitative estimate of drug-likeness (QED) is 0.770. The molecule has 0 saturated heterocycles. The van der Waals surface area contributed by atoms with Crippen LogP contribution in [0.4, 0.5) is 8.78 Å². The summed E-state index contributed by atoms with van der Waals surface area (Å²) in [7, 11) is 0. The fourth-order valence-corrected chi connectivity index (χ4v) is 2.56. The lowest BCUT2D eigenvalue weighted by Crippen LogP contribution is -2.42. The van der Waals surface area contributed by atoms with Gasteiger partial charge in [-0.2, -0.15) is 0 Å². The zero-order valence-corrected chi connectivity index (χ0v) is 12.2. The summed E-state index contributed by atoms with van der Waals surface area (Å²) < 4.78 is 29.0. The number of nitrogens with one attached hydrogen (secondary N) is 1.